The van der Waals surface area contributed by atoms with Crippen LogP contribution in [-0.2, 0) is 14.6 Å². The van der Waals surface area contributed by atoms with Gasteiger partial charge < -0.3 is 4.74 Å². The molecule has 0 spiro atoms. The lowest BCUT2D eigenvalue weighted by atomic mass is 10.1. The minimum atomic E-state index is -3.91. The Labute approximate surface area is 160 Å². The van der Waals surface area contributed by atoms with Crippen LogP contribution in [0.15, 0.2) is 76.1 Å². The monoisotopic (exact) mass is 432 g/mol. The molecule has 0 N–H and O–H groups in total. The summed E-state index contributed by atoms with van der Waals surface area (Å²) >= 11 is 3.27. The molecule has 0 amide bonds. The lowest BCUT2D eigenvalue weighted by molar-refractivity contribution is -0.136. The van der Waals surface area contributed by atoms with Gasteiger partial charge in [-0.3, -0.25) is 0 Å². The quantitative estimate of drug-likeness (QED) is 0.440. The lowest BCUT2D eigenvalue weighted by Gasteiger charge is -2.23. The van der Waals surface area contributed by atoms with Crippen LogP contribution >= 0.6 is 15.9 Å². The van der Waals surface area contributed by atoms with Crippen LogP contribution in [0.25, 0.3) is 10.8 Å². The van der Waals surface area contributed by atoms with E-state index in [4.69, 9.17) is 4.74 Å². The summed E-state index contributed by atoms with van der Waals surface area (Å²) in [6, 6.07) is 19.0. The highest BCUT2D eigenvalue weighted by atomic mass is 79.9. The second-order valence-electron chi connectivity index (χ2n) is 6.37. The van der Waals surface area contributed by atoms with Gasteiger partial charge in [0, 0.05) is 4.47 Å². The molecule has 3 rings (SSSR count). The number of ether oxygens (including phenoxy) is 1. The first-order valence-electron chi connectivity index (χ1n) is 7.93. The summed E-state index contributed by atoms with van der Waals surface area (Å²) < 4.78 is 30.2. The molecular formula is C20H17BrO4S. The van der Waals surface area contributed by atoms with E-state index in [0.29, 0.717) is 5.75 Å². The van der Waals surface area contributed by atoms with Crippen molar-refractivity contribution in [1.82, 2.24) is 0 Å². The second kappa shape index (κ2) is 6.85. The van der Waals surface area contributed by atoms with E-state index in [1.54, 1.807) is 24.3 Å². The van der Waals surface area contributed by atoms with Crippen LogP contribution in [0, 0.1) is 0 Å². The number of hydrogen-bond donors (Lipinski definition) is 0. The van der Waals surface area contributed by atoms with Crippen molar-refractivity contribution in [3.05, 3.63) is 71.2 Å². The zero-order chi connectivity index (χ0) is 18.9. The molecule has 0 saturated heterocycles. The maximum absolute atomic E-state index is 12.9. The van der Waals surface area contributed by atoms with Crippen molar-refractivity contribution in [2.75, 3.05) is 0 Å². The number of rotatable bonds is 4. The molecule has 0 aliphatic heterocycles. The molecule has 0 bridgehead atoms. The van der Waals surface area contributed by atoms with Gasteiger partial charge in [-0.25, -0.2) is 13.2 Å². The van der Waals surface area contributed by atoms with E-state index < -0.39 is 20.6 Å². The fourth-order valence-electron chi connectivity index (χ4n) is 2.48. The summed E-state index contributed by atoms with van der Waals surface area (Å²) in [5, 5.41) is 1.92. The molecule has 0 aromatic heterocycles. The van der Waals surface area contributed by atoms with Gasteiger partial charge in [-0.05, 0) is 61.0 Å². The zero-order valence-electron chi connectivity index (χ0n) is 14.3. The maximum Gasteiger partial charge on any atom is 0.332 e. The summed E-state index contributed by atoms with van der Waals surface area (Å²) in [6.45, 7) is 2.71. The molecule has 0 saturated carbocycles. The van der Waals surface area contributed by atoms with E-state index in [1.165, 1.54) is 26.0 Å². The molecule has 4 nitrogen and oxygen atoms in total. The van der Waals surface area contributed by atoms with Gasteiger partial charge in [-0.1, -0.05) is 46.3 Å². The van der Waals surface area contributed by atoms with E-state index >= 15 is 0 Å². The summed E-state index contributed by atoms with van der Waals surface area (Å²) in [5.74, 6) is -0.511. The average Bonchev–Trinajstić information content (AvgIpc) is 2.61. The van der Waals surface area contributed by atoms with Crippen molar-refractivity contribution >= 4 is 42.5 Å². The van der Waals surface area contributed by atoms with Crippen LogP contribution in [0.2, 0.25) is 0 Å². The van der Waals surface area contributed by atoms with Gasteiger partial charge in [0.25, 0.3) is 0 Å². The van der Waals surface area contributed by atoms with Gasteiger partial charge in [0.05, 0.1) is 4.90 Å². The van der Waals surface area contributed by atoms with Gasteiger partial charge in [0.15, 0.2) is 14.6 Å². The fraction of sp³-hybridized carbons (Fsp3) is 0.150. The molecule has 6 heteroatoms. The Bertz CT molecular complexity index is 1070. The topological polar surface area (TPSA) is 60.4 Å². The molecule has 0 fully saturated rings. The molecule has 0 unspecified atom stereocenters. The zero-order valence-corrected chi connectivity index (χ0v) is 16.7. The molecule has 26 heavy (non-hydrogen) atoms. The Hall–Kier alpha value is -2.18. The number of carbonyl (C=O) groups excluding carboxylic acids is 1. The predicted octanol–water partition coefficient (Wildman–Crippen LogP) is 4.76. The van der Waals surface area contributed by atoms with Crippen molar-refractivity contribution in [2.24, 2.45) is 0 Å². The number of carbonyl (C=O) groups is 1. The lowest BCUT2D eigenvalue weighted by Crippen LogP contribution is -2.43. The Morgan fingerprint density at radius 3 is 2.19 bits per heavy atom. The third-order valence-corrected chi connectivity index (χ3v) is 7.15. The number of fused-ring (bicyclic) bond motifs is 1. The highest BCUT2D eigenvalue weighted by Crippen LogP contribution is 2.29. The third-order valence-electron chi connectivity index (χ3n) is 4.22. The molecule has 0 heterocycles. The highest BCUT2D eigenvalue weighted by Gasteiger charge is 2.44. The first-order chi connectivity index (χ1) is 12.2. The van der Waals surface area contributed by atoms with Gasteiger partial charge >= 0.3 is 5.97 Å². The van der Waals surface area contributed by atoms with Crippen LogP contribution in [-0.4, -0.2) is 19.1 Å². The van der Waals surface area contributed by atoms with Gasteiger partial charge in [0.2, 0.25) is 0 Å². The Morgan fingerprint density at radius 1 is 0.923 bits per heavy atom. The van der Waals surface area contributed by atoms with Gasteiger partial charge in [-0.2, -0.15) is 0 Å². The molecule has 134 valence electrons. The number of sulfone groups is 1. The molecule has 0 atom stereocenters. The number of hydrogen-bond acceptors (Lipinski definition) is 4. The van der Waals surface area contributed by atoms with Crippen molar-refractivity contribution < 1.29 is 17.9 Å². The summed E-state index contributed by atoms with van der Waals surface area (Å²) in [4.78, 5) is 12.7. The second-order valence-corrected chi connectivity index (χ2v) is 9.78. The molecular weight excluding hydrogens is 416 g/mol. The summed E-state index contributed by atoms with van der Waals surface area (Å²) in [6.07, 6.45) is 0. The Kier molecular flexibility index (Phi) is 4.90. The molecule has 0 aliphatic carbocycles. The molecule has 3 aromatic carbocycles. The number of benzene rings is 3. The van der Waals surface area contributed by atoms with Gasteiger partial charge in [0.1, 0.15) is 5.75 Å². The highest BCUT2D eigenvalue weighted by molar-refractivity contribution is 9.10. The van der Waals surface area contributed by atoms with Crippen LogP contribution in [0.5, 0.6) is 5.75 Å². The average molecular weight is 433 g/mol. The maximum atomic E-state index is 12.9. The van der Waals surface area contributed by atoms with Crippen LogP contribution in [0.3, 0.4) is 0 Å². The van der Waals surface area contributed by atoms with Crippen molar-refractivity contribution in [3.63, 3.8) is 0 Å². The van der Waals surface area contributed by atoms with Crippen molar-refractivity contribution in [1.29, 1.82) is 0 Å². The van der Waals surface area contributed by atoms with Crippen LogP contribution in [0.1, 0.15) is 13.8 Å². The normalized spacial score (nSPS) is 12.1. The minimum absolute atomic E-state index is 0.0705. The van der Waals surface area contributed by atoms with E-state index in [2.05, 4.69) is 15.9 Å². The smallest absolute Gasteiger partial charge is 0.332 e. The number of halogens is 1. The molecule has 0 radical (unpaired) electrons. The van der Waals surface area contributed by atoms with E-state index in [0.717, 1.165) is 15.2 Å². The van der Waals surface area contributed by atoms with E-state index in [-0.39, 0.29) is 4.90 Å². The predicted molar refractivity (Wildman–Crippen MR) is 105 cm³/mol. The fourth-order valence-corrected chi connectivity index (χ4v) is 4.09. The molecule has 3 aromatic rings. The Balaban J connectivity index is 1.90. The van der Waals surface area contributed by atoms with E-state index in [9.17, 15) is 13.2 Å². The largest absolute Gasteiger partial charge is 0.425 e. The summed E-state index contributed by atoms with van der Waals surface area (Å²) in [7, 11) is -3.91. The first kappa shape index (κ1) is 18.6. The minimum Gasteiger partial charge on any atom is -0.425 e. The third kappa shape index (κ3) is 3.39. The van der Waals surface area contributed by atoms with Gasteiger partial charge in [-0.15, -0.1) is 0 Å². The van der Waals surface area contributed by atoms with Crippen LogP contribution in [0.4, 0.5) is 0 Å². The standard InChI is InChI=1S/C20H17BrO4S/c1-20(2,26(23,24)18-11-8-16(21)9-12-18)19(22)25-17-10-7-14-5-3-4-6-15(14)13-17/h3-13H,1-2H3. The van der Waals surface area contributed by atoms with Crippen molar-refractivity contribution in [3.8, 4) is 5.75 Å². The van der Waals surface area contributed by atoms with Crippen LogP contribution < -0.4 is 4.74 Å². The number of esters is 1. The Morgan fingerprint density at radius 2 is 1.54 bits per heavy atom. The molecule has 0 aliphatic rings. The van der Waals surface area contributed by atoms with Crippen molar-refractivity contribution in [2.45, 2.75) is 23.5 Å². The first-order valence-corrected chi connectivity index (χ1v) is 10.2. The van der Waals surface area contributed by atoms with E-state index in [1.807, 2.05) is 30.3 Å². The SMILES string of the molecule is CC(C)(C(=O)Oc1ccc2ccccc2c1)S(=O)(=O)c1ccc(Br)cc1. The summed E-state index contributed by atoms with van der Waals surface area (Å²) in [5.41, 5.74) is 0.